The number of ether oxygens (including phenoxy) is 1. The van der Waals surface area contributed by atoms with Crippen molar-refractivity contribution in [2.45, 2.75) is 25.9 Å². The van der Waals surface area contributed by atoms with Crippen LogP contribution in [0.3, 0.4) is 0 Å². The van der Waals surface area contributed by atoms with Gasteiger partial charge in [0.1, 0.15) is 11.5 Å². The molecule has 0 radical (unpaired) electrons. The monoisotopic (exact) mass is 433 g/mol. The lowest BCUT2D eigenvalue weighted by Crippen LogP contribution is -2.47. The molecule has 8 heteroatoms. The van der Waals surface area contributed by atoms with Crippen molar-refractivity contribution in [1.82, 2.24) is 9.97 Å². The second kappa shape index (κ2) is 9.18. The molecule has 2 heterocycles. The lowest BCUT2D eigenvalue weighted by molar-refractivity contribution is -0.147. The first-order valence-corrected chi connectivity index (χ1v) is 10.6. The van der Waals surface area contributed by atoms with Gasteiger partial charge in [0.15, 0.2) is 11.7 Å². The molecular formula is C24H24FN5O2. The molecule has 1 atom stereocenters. The van der Waals surface area contributed by atoms with Crippen LogP contribution in [0.1, 0.15) is 25.5 Å². The van der Waals surface area contributed by atoms with Gasteiger partial charge in [-0.25, -0.2) is 14.4 Å². The highest BCUT2D eigenvalue weighted by Gasteiger charge is 2.31. The smallest absolute Gasteiger partial charge is 0.329 e. The molecule has 0 spiro atoms. The highest BCUT2D eigenvalue weighted by Crippen LogP contribution is 2.29. The minimum absolute atomic E-state index is 0.265. The Morgan fingerprint density at radius 3 is 2.19 bits per heavy atom. The Morgan fingerprint density at radius 2 is 1.59 bits per heavy atom. The zero-order valence-corrected chi connectivity index (χ0v) is 18.0. The molecule has 1 aromatic heterocycles. The molecule has 0 saturated carbocycles. The molecule has 1 aliphatic heterocycles. The Kier molecular flexibility index (Phi) is 6.17. The van der Waals surface area contributed by atoms with Crippen molar-refractivity contribution in [3.8, 4) is 6.07 Å². The second-order valence-electron chi connectivity index (χ2n) is 7.92. The van der Waals surface area contributed by atoms with E-state index in [1.807, 2.05) is 29.2 Å². The Morgan fingerprint density at radius 1 is 1.00 bits per heavy atom. The Labute approximate surface area is 186 Å². The number of carbonyl (C=O) groups excluding carboxylic acids is 1. The van der Waals surface area contributed by atoms with Crippen molar-refractivity contribution < 1.29 is 13.9 Å². The number of halogens is 1. The number of hydrogen-bond acceptors (Lipinski definition) is 7. The third-order valence-corrected chi connectivity index (χ3v) is 5.34. The summed E-state index contributed by atoms with van der Waals surface area (Å²) in [5.41, 5.74) is 2.58. The topological polar surface area (TPSA) is 82.3 Å². The summed E-state index contributed by atoms with van der Waals surface area (Å²) in [6.45, 7) is 6.10. The molecule has 164 valence electrons. The van der Waals surface area contributed by atoms with Gasteiger partial charge in [0.05, 0.1) is 23.2 Å². The summed E-state index contributed by atoms with van der Waals surface area (Å²) in [6, 6.07) is 15.9. The molecule has 0 amide bonds. The largest absolute Gasteiger partial charge is 0.462 e. The van der Waals surface area contributed by atoms with E-state index in [0.717, 1.165) is 5.69 Å². The van der Waals surface area contributed by atoms with Crippen LogP contribution in [0, 0.1) is 17.1 Å². The van der Waals surface area contributed by atoms with Gasteiger partial charge in [0, 0.05) is 31.9 Å². The summed E-state index contributed by atoms with van der Waals surface area (Å²) in [7, 11) is 0. The van der Waals surface area contributed by atoms with Crippen LogP contribution in [-0.4, -0.2) is 48.2 Å². The van der Waals surface area contributed by atoms with Gasteiger partial charge < -0.3 is 14.5 Å². The molecule has 7 nitrogen and oxygen atoms in total. The number of carbonyl (C=O) groups is 1. The predicted octanol–water partition coefficient (Wildman–Crippen LogP) is 3.65. The van der Waals surface area contributed by atoms with Gasteiger partial charge in [-0.1, -0.05) is 12.1 Å². The van der Waals surface area contributed by atoms with Gasteiger partial charge in [-0.15, -0.1) is 0 Å². The normalized spacial score (nSPS) is 15.0. The van der Waals surface area contributed by atoms with Crippen LogP contribution in [0.25, 0.3) is 11.0 Å². The van der Waals surface area contributed by atoms with Crippen LogP contribution in [0.15, 0.2) is 48.5 Å². The minimum atomic E-state index is -1.17. The van der Waals surface area contributed by atoms with Gasteiger partial charge >= 0.3 is 5.97 Å². The first-order chi connectivity index (χ1) is 15.5. The number of benzene rings is 2. The standard InChI is InChI=1S/C24H24FN5O2/c1-16(2)32-24(31)19(15-26)22-23(28-21-6-4-3-5-20(21)27-22)30-13-11-29(12-14-30)18-9-7-17(25)8-10-18/h3-10,16,19H,11-14H2,1-2H3/t19-/m0/s1. The van der Waals surface area contributed by atoms with E-state index < -0.39 is 11.9 Å². The fraction of sp³-hybridized carbons (Fsp3) is 0.333. The molecule has 32 heavy (non-hydrogen) atoms. The van der Waals surface area contributed by atoms with Crippen molar-refractivity contribution in [3.63, 3.8) is 0 Å². The molecule has 0 N–H and O–H groups in total. The molecule has 1 aliphatic rings. The number of aromatic nitrogens is 2. The summed E-state index contributed by atoms with van der Waals surface area (Å²) in [6.07, 6.45) is -0.338. The van der Waals surface area contributed by atoms with Gasteiger partial charge in [0.2, 0.25) is 0 Å². The number of nitriles is 1. The lowest BCUT2D eigenvalue weighted by atomic mass is 10.1. The van der Waals surface area contributed by atoms with E-state index in [1.54, 1.807) is 26.0 Å². The Bertz CT molecular complexity index is 1150. The molecule has 0 unspecified atom stereocenters. The fourth-order valence-corrected chi connectivity index (χ4v) is 3.78. The lowest BCUT2D eigenvalue weighted by Gasteiger charge is -2.37. The Hall–Kier alpha value is -3.73. The van der Waals surface area contributed by atoms with E-state index in [9.17, 15) is 14.4 Å². The molecule has 0 bridgehead atoms. The SMILES string of the molecule is CC(C)OC(=O)[C@@H](C#N)c1nc2ccccc2nc1N1CCN(c2ccc(F)cc2)CC1. The van der Waals surface area contributed by atoms with E-state index in [0.29, 0.717) is 48.7 Å². The van der Waals surface area contributed by atoms with Crippen LogP contribution in [-0.2, 0) is 9.53 Å². The number of anilines is 2. The third kappa shape index (κ3) is 4.47. The van der Waals surface area contributed by atoms with Gasteiger partial charge in [0.25, 0.3) is 0 Å². The average molecular weight is 433 g/mol. The number of rotatable bonds is 5. The highest BCUT2D eigenvalue weighted by molar-refractivity contribution is 5.85. The first kappa shape index (κ1) is 21.5. The van der Waals surface area contributed by atoms with Crippen molar-refractivity contribution in [1.29, 1.82) is 5.26 Å². The van der Waals surface area contributed by atoms with E-state index in [-0.39, 0.29) is 11.9 Å². The number of nitrogens with zero attached hydrogens (tertiary/aromatic N) is 5. The Balaban J connectivity index is 1.65. The minimum Gasteiger partial charge on any atom is -0.462 e. The van der Waals surface area contributed by atoms with Crippen molar-refractivity contribution >= 4 is 28.5 Å². The molecule has 1 fully saturated rings. The molecular weight excluding hydrogens is 409 g/mol. The van der Waals surface area contributed by atoms with E-state index in [1.165, 1.54) is 12.1 Å². The number of para-hydroxylation sites is 2. The summed E-state index contributed by atoms with van der Waals surface area (Å²) >= 11 is 0. The summed E-state index contributed by atoms with van der Waals surface area (Å²) in [5, 5.41) is 9.79. The highest BCUT2D eigenvalue weighted by atomic mass is 19.1. The first-order valence-electron chi connectivity index (χ1n) is 10.6. The van der Waals surface area contributed by atoms with Crippen molar-refractivity contribution in [2.75, 3.05) is 36.0 Å². The van der Waals surface area contributed by atoms with E-state index in [2.05, 4.69) is 16.0 Å². The maximum Gasteiger partial charge on any atom is 0.329 e. The van der Waals surface area contributed by atoms with Crippen LogP contribution < -0.4 is 9.80 Å². The zero-order valence-electron chi connectivity index (χ0n) is 18.0. The number of hydrogen-bond donors (Lipinski definition) is 0. The molecule has 3 aromatic rings. The summed E-state index contributed by atoms with van der Waals surface area (Å²) in [5.74, 6) is -1.54. The van der Waals surface area contributed by atoms with E-state index in [4.69, 9.17) is 9.72 Å². The fourth-order valence-electron chi connectivity index (χ4n) is 3.78. The van der Waals surface area contributed by atoms with Gasteiger partial charge in [-0.2, -0.15) is 5.26 Å². The third-order valence-electron chi connectivity index (χ3n) is 5.34. The maximum absolute atomic E-state index is 13.3. The van der Waals surface area contributed by atoms with E-state index >= 15 is 0 Å². The zero-order chi connectivity index (χ0) is 22.7. The number of esters is 1. The number of piperazine rings is 1. The molecule has 1 saturated heterocycles. The van der Waals surface area contributed by atoms with Crippen LogP contribution in [0.4, 0.5) is 15.9 Å². The summed E-state index contributed by atoms with van der Waals surface area (Å²) < 4.78 is 18.6. The predicted molar refractivity (Wildman–Crippen MR) is 120 cm³/mol. The van der Waals surface area contributed by atoms with Crippen LogP contribution in [0.2, 0.25) is 0 Å². The van der Waals surface area contributed by atoms with Crippen LogP contribution in [0.5, 0.6) is 0 Å². The van der Waals surface area contributed by atoms with Crippen molar-refractivity contribution in [3.05, 3.63) is 60.0 Å². The maximum atomic E-state index is 13.3. The van der Waals surface area contributed by atoms with Gasteiger partial charge in [-0.05, 0) is 50.2 Å². The molecule has 2 aromatic carbocycles. The quantitative estimate of drug-likeness (QED) is 0.568. The van der Waals surface area contributed by atoms with Crippen LogP contribution >= 0.6 is 0 Å². The average Bonchev–Trinajstić information content (AvgIpc) is 2.79. The second-order valence-corrected chi connectivity index (χ2v) is 7.92. The van der Waals surface area contributed by atoms with Crippen molar-refractivity contribution in [2.24, 2.45) is 0 Å². The summed E-state index contributed by atoms with van der Waals surface area (Å²) in [4.78, 5) is 26.3. The molecule has 4 rings (SSSR count). The molecule has 0 aliphatic carbocycles. The number of fused-ring (bicyclic) bond motifs is 1. The van der Waals surface area contributed by atoms with Gasteiger partial charge in [-0.3, -0.25) is 4.79 Å².